The second-order valence-corrected chi connectivity index (χ2v) is 7.05. The van der Waals surface area contributed by atoms with Crippen molar-refractivity contribution in [2.45, 2.75) is 13.0 Å². The number of carbonyl (C=O) groups excluding carboxylic acids is 2. The molecule has 2 heterocycles. The third-order valence-electron chi connectivity index (χ3n) is 5.05. The van der Waals surface area contributed by atoms with E-state index >= 15 is 0 Å². The standard InChI is InChI=1S/C23H23N3O4/c1-3-29-22(27)20-18(24-23(28)25-21(20)19-9-6-12-30-19)14-26(2)17-11-10-15-7-4-5-8-16(15)13-17/h4-13,21H,3,14H2,1-2H3,(H2,24,25,28)/t21-/m0/s1. The lowest BCUT2D eigenvalue weighted by molar-refractivity contribution is -0.139. The van der Waals surface area contributed by atoms with Crippen LogP contribution in [0.2, 0.25) is 0 Å². The molecule has 0 aliphatic carbocycles. The third-order valence-corrected chi connectivity index (χ3v) is 5.05. The highest BCUT2D eigenvalue weighted by molar-refractivity contribution is 5.95. The quantitative estimate of drug-likeness (QED) is 0.611. The van der Waals surface area contributed by atoms with Crippen LogP contribution >= 0.6 is 0 Å². The molecule has 0 fully saturated rings. The molecule has 0 saturated carbocycles. The van der Waals surface area contributed by atoms with E-state index in [2.05, 4.69) is 34.9 Å². The molecule has 2 amide bonds. The second-order valence-electron chi connectivity index (χ2n) is 7.05. The van der Waals surface area contributed by atoms with Crippen molar-refractivity contribution in [1.29, 1.82) is 0 Å². The van der Waals surface area contributed by atoms with Crippen LogP contribution in [-0.2, 0) is 9.53 Å². The molecule has 3 aromatic rings. The molecule has 7 nitrogen and oxygen atoms in total. The van der Waals surface area contributed by atoms with Gasteiger partial charge in [-0.15, -0.1) is 0 Å². The van der Waals surface area contributed by atoms with Crippen molar-refractivity contribution in [3.63, 3.8) is 0 Å². The maximum Gasteiger partial charge on any atom is 0.338 e. The third kappa shape index (κ3) is 3.87. The fourth-order valence-electron chi connectivity index (χ4n) is 3.60. The van der Waals surface area contributed by atoms with Crippen LogP contribution in [0.4, 0.5) is 10.5 Å². The van der Waals surface area contributed by atoms with E-state index in [0.717, 1.165) is 16.5 Å². The summed E-state index contributed by atoms with van der Waals surface area (Å²) in [6, 6.07) is 16.6. The van der Waals surface area contributed by atoms with Crippen LogP contribution in [0, 0.1) is 0 Å². The number of benzene rings is 2. The molecule has 0 spiro atoms. The molecule has 0 saturated heterocycles. The largest absolute Gasteiger partial charge is 0.467 e. The summed E-state index contributed by atoms with van der Waals surface area (Å²) in [6.07, 6.45) is 1.51. The summed E-state index contributed by atoms with van der Waals surface area (Å²) in [6.45, 7) is 2.29. The highest BCUT2D eigenvalue weighted by Crippen LogP contribution is 2.29. The van der Waals surface area contributed by atoms with Gasteiger partial charge in [0, 0.05) is 12.7 Å². The Balaban J connectivity index is 1.70. The average Bonchev–Trinajstić information content (AvgIpc) is 3.28. The van der Waals surface area contributed by atoms with Crippen molar-refractivity contribution < 1.29 is 18.7 Å². The predicted octanol–water partition coefficient (Wildman–Crippen LogP) is 3.74. The van der Waals surface area contributed by atoms with E-state index in [1.807, 2.05) is 30.1 Å². The van der Waals surface area contributed by atoms with Crippen LogP contribution in [0.5, 0.6) is 0 Å². The maximum absolute atomic E-state index is 12.8. The smallest absolute Gasteiger partial charge is 0.338 e. The van der Waals surface area contributed by atoms with Gasteiger partial charge in [-0.2, -0.15) is 0 Å². The zero-order valence-corrected chi connectivity index (χ0v) is 16.8. The number of likely N-dealkylation sites (N-methyl/N-ethyl adjacent to an activating group) is 1. The van der Waals surface area contributed by atoms with Crippen molar-refractivity contribution in [3.8, 4) is 0 Å². The van der Waals surface area contributed by atoms with Gasteiger partial charge in [-0.25, -0.2) is 9.59 Å². The number of hydrogen-bond acceptors (Lipinski definition) is 5. The minimum Gasteiger partial charge on any atom is -0.467 e. The number of furan rings is 1. The minimum absolute atomic E-state index is 0.231. The number of fused-ring (bicyclic) bond motifs is 1. The molecule has 0 bridgehead atoms. The molecular formula is C23H23N3O4. The number of carbonyl (C=O) groups is 2. The molecule has 0 radical (unpaired) electrons. The van der Waals surface area contributed by atoms with Gasteiger partial charge in [0.1, 0.15) is 11.8 Å². The zero-order valence-electron chi connectivity index (χ0n) is 16.8. The lowest BCUT2D eigenvalue weighted by Crippen LogP contribution is -2.48. The molecule has 7 heteroatoms. The van der Waals surface area contributed by atoms with Crippen molar-refractivity contribution in [2.24, 2.45) is 0 Å². The monoisotopic (exact) mass is 405 g/mol. The molecule has 1 aromatic heterocycles. The first kappa shape index (κ1) is 19.6. The fraction of sp³-hybridized carbons (Fsp3) is 0.217. The van der Waals surface area contributed by atoms with Crippen molar-refractivity contribution in [1.82, 2.24) is 10.6 Å². The molecule has 1 atom stereocenters. The molecule has 4 rings (SSSR count). The lowest BCUT2D eigenvalue weighted by Gasteiger charge is -2.30. The summed E-state index contributed by atoms with van der Waals surface area (Å²) < 4.78 is 10.7. The summed E-state index contributed by atoms with van der Waals surface area (Å²) in [4.78, 5) is 27.1. The fourth-order valence-corrected chi connectivity index (χ4v) is 3.60. The lowest BCUT2D eigenvalue weighted by atomic mass is 9.99. The first-order valence-electron chi connectivity index (χ1n) is 9.78. The Bertz CT molecular complexity index is 1100. The number of amides is 2. The SMILES string of the molecule is CCOC(=O)C1=C(CN(C)c2ccc3ccccc3c2)NC(=O)N[C@H]1c1ccco1. The van der Waals surface area contributed by atoms with Crippen molar-refractivity contribution in [2.75, 3.05) is 25.1 Å². The molecule has 0 unspecified atom stereocenters. The van der Waals surface area contributed by atoms with Crippen LogP contribution in [0.25, 0.3) is 10.8 Å². The topological polar surface area (TPSA) is 83.8 Å². The van der Waals surface area contributed by atoms with Crippen LogP contribution in [0.3, 0.4) is 0 Å². The Morgan fingerprint density at radius 1 is 1.13 bits per heavy atom. The number of esters is 1. The van der Waals surface area contributed by atoms with E-state index in [9.17, 15) is 9.59 Å². The Morgan fingerprint density at radius 2 is 1.93 bits per heavy atom. The Hall–Kier alpha value is -3.74. The summed E-state index contributed by atoms with van der Waals surface area (Å²) >= 11 is 0. The number of urea groups is 1. The van der Waals surface area contributed by atoms with Crippen LogP contribution in [-0.4, -0.2) is 32.2 Å². The van der Waals surface area contributed by atoms with Gasteiger partial charge in [0.15, 0.2) is 0 Å². The molecule has 1 aliphatic rings. The Kier molecular flexibility index (Phi) is 5.43. The van der Waals surface area contributed by atoms with Gasteiger partial charge >= 0.3 is 12.0 Å². The van der Waals surface area contributed by atoms with Gasteiger partial charge in [0.05, 0.1) is 30.7 Å². The number of hydrogen-bond donors (Lipinski definition) is 2. The average molecular weight is 405 g/mol. The van der Waals surface area contributed by atoms with E-state index in [0.29, 0.717) is 23.6 Å². The van der Waals surface area contributed by atoms with E-state index in [1.165, 1.54) is 6.26 Å². The van der Waals surface area contributed by atoms with E-state index < -0.39 is 18.0 Å². The summed E-state index contributed by atoms with van der Waals surface area (Å²) in [5.41, 5.74) is 1.78. The summed E-state index contributed by atoms with van der Waals surface area (Å²) in [7, 11) is 1.91. The number of anilines is 1. The second kappa shape index (κ2) is 8.32. The molecule has 154 valence electrons. The highest BCUT2D eigenvalue weighted by Gasteiger charge is 2.35. The van der Waals surface area contributed by atoms with Gasteiger partial charge in [-0.3, -0.25) is 0 Å². The number of rotatable bonds is 6. The first-order chi connectivity index (χ1) is 14.6. The van der Waals surface area contributed by atoms with E-state index in [4.69, 9.17) is 9.15 Å². The normalized spacial score (nSPS) is 16.2. The molecule has 1 aliphatic heterocycles. The van der Waals surface area contributed by atoms with Gasteiger partial charge < -0.3 is 24.7 Å². The van der Waals surface area contributed by atoms with Gasteiger partial charge in [0.25, 0.3) is 0 Å². The zero-order chi connectivity index (χ0) is 21.1. The van der Waals surface area contributed by atoms with E-state index in [1.54, 1.807) is 19.1 Å². The van der Waals surface area contributed by atoms with Crippen LogP contribution < -0.4 is 15.5 Å². The van der Waals surface area contributed by atoms with E-state index in [-0.39, 0.29) is 6.61 Å². The Labute approximate surface area is 174 Å². The number of nitrogens with one attached hydrogen (secondary N) is 2. The molecular weight excluding hydrogens is 382 g/mol. The summed E-state index contributed by atoms with van der Waals surface area (Å²) in [5.74, 6) is -0.0212. The Morgan fingerprint density at radius 3 is 2.67 bits per heavy atom. The summed E-state index contributed by atoms with van der Waals surface area (Å²) in [5, 5.41) is 7.80. The molecule has 30 heavy (non-hydrogen) atoms. The maximum atomic E-state index is 12.8. The predicted molar refractivity (Wildman–Crippen MR) is 114 cm³/mol. The van der Waals surface area contributed by atoms with Crippen molar-refractivity contribution >= 4 is 28.5 Å². The first-order valence-corrected chi connectivity index (χ1v) is 9.78. The van der Waals surface area contributed by atoms with Crippen molar-refractivity contribution in [3.05, 3.63) is 77.9 Å². The van der Waals surface area contributed by atoms with Gasteiger partial charge in [0.2, 0.25) is 0 Å². The minimum atomic E-state index is -0.715. The number of ether oxygens (including phenoxy) is 1. The highest BCUT2D eigenvalue weighted by atomic mass is 16.5. The number of nitrogens with zero attached hydrogens (tertiary/aromatic N) is 1. The van der Waals surface area contributed by atoms with Crippen LogP contribution in [0.1, 0.15) is 18.7 Å². The van der Waals surface area contributed by atoms with Gasteiger partial charge in [-0.05, 0) is 42.0 Å². The van der Waals surface area contributed by atoms with Gasteiger partial charge in [-0.1, -0.05) is 30.3 Å². The molecule has 2 aromatic carbocycles. The molecule has 2 N–H and O–H groups in total. The van der Waals surface area contributed by atoms with Crippen LogP contribution in [0.15, 0.2) is 76.5 Å².